The monoisotopic (exact) mass is 374 g/mol. The lowest BCUT2D eigenvalue weighted by Crippen LogP contribution is -2.26. The number of carbonyl (C=O) groups is 2. The molecule has 0 radical (unpaired) electrons. The summed E-state index contributed by atoms with van der Waals surface area (Å²) in [5.74, 6) is -1.35. The van der Waals surface area contributed by atoms with E-state index in [9.17, 15) is 22.8 Å². The number of hydrogen-bond donors (Lipinski definition) is 2. The molecule has 0 heterocycles. The fraction of sp³-hybridized carbons (Fsp3) is 0.200. The minimum absolute atomic E-state index is 0.0749. The van der Waals surface area contributed by atoms with Gasteiger partial charge in [-0.05, 0) is 41.8 Å². The van der Waals surface area contributed by atoms with Crippen LogP contribution in [-0.4, -0.2) is 11.8 Å². The molecule has 2 amide bonds. The van der Waals surface area contributed by atoms with Gasteiger partial charge in [-0.15, -0.1) is 0 Å². The van der Waals surface area contributed by atoms with E-state index in [4.69, 9.17) is 0 Å². The summed E-state index contributed by atoms with van der Waals surface area (Å²) in [6, 6.07) is 11.3. The molecule has 3 rings (SSSR count). The molecule has 27 heavy (non-hydrogen) atoms. The maximum Gasteiger partial charge on any atom is 0.416 e. The number of rotatable bonds is 4. The molecule has 0 aliphatic heterocycles. The van der Waals surface area contributed by atoms with Crippen molar-refractivity contribution in [2.75, 3.05) is 5.32 Å². The number of benzene rings is 2. The van der Waals surface area contributed by atoms with Gasteiger partial charge in [0.15, 0.2) is 0 Å². The van der Waals surface area contributed by atoms with E-state index in [1.165, 1.54) is 12.1 Å². The molecular weight excluding hydrogens is 357 g/mol. The van der Waals surface area contributed by atoms with Gasteiger partial charge in [-0.25, -0.2) is 0 Å². The lowest BCUT2D eigenvalue weighted by atomic mass is 10.0. The van der Waals surface area contributed by atoms with Crippen LogP contribution in [0.25, 0.3) is 0 Å². The summed E-state index contributed by atoms with van der Waals surface area (Å²) in [6.07, 6.45) is -3.01. The van der Waals surface area contributed by atoms with E-state index >= 15 is 0 Å². The summed E-state index contributed by atoms with van der Waals surface area (Å²) in [4.78, 5) is 24.4. The molecule has 0 aromatic heterocycles. The summed E-state index contributed by atoms with van der Waals surface area (Å²) >= 11 is 0. The Labute approximate surface area is 154 Å². The predicted molar refractivity (Wildman–Crippen MR) is 95.0 cm³/mol. The van der Waals surface area contributed by atoms with Gasteiger partial charge in [0.1, 0.15) is 0 Å². The Morgan fingerprint density at radius 2 is 1.78 bits per heavy atom. The van der Waals surface area contributed by atoms with Gasteiger partial charge in [-0.2, -0.15) is 13.2 Å². The van der Waals surface area contributed by atoms with Gasteiger partial charge >= 0.3 is 6.18 Å². The molecule has 0 saturated carbocycles. The topological polar surface area (TPSA) is 58.2 Å². The molecule has 2 N–H and O–H groups in total. The predicted octanol–water partition coefficient (Wildman–Crippen LogP) is 4.17. The first kappa shape index (κ1) is 18.7. The van der Waals surface area contributed by atoms with Gasteiger partial charge in [0.05, 0.1) is 17.5 Å². The normalized spacial score (nSPS) is 18.5. The van der Waals surface area contributed by atoms with Crippen LogP contribution in [0.3, 0.4) is 0 Å². The summed E-state index contributed by atoms with van der Waals surface area (Å²) in [7, 11) is 0. The second kappa shape index (κ2) is 7.26. The van der Waals surface area contributed by atoms with Gasteiger partial charge in [-0.1, -0.05) is 36.9 Å². The van der Waals surface area contributed by atoms with E-state index in [-0.39, 0.29) is 17.6 Å². The molecule has 1 aliphatic carbocycles. The van der Waals surface area contributed by atoms with Gasteiger partial charge in [-0.3, -0.25) is 9.59 Å². The summed E-state index contributed by atoms with van der Waals surface area (Å²) in [5, 5.41) is 5.33. The maximum absolute atomic E-state index is 12.8. The first-order valence-corrected chi connectivity index (χ1v) is 8.29. The van der Waals surface area contributed by atoms with Crippen molar-refractivity contribution in [2.24, 2.45) is 0 Å². The summed E-state index contributed by atoms with van der Waals surface area (Å²) in [5.41, 5.74) is 0.808. The summed E-state index contributed by atoms with van der Waals surface area (Å²) < 4.78 is 38.5. The Morgan fingerprint density at radius 3 is 2.44 bits per heavy atom. The Morgan fingerprint density at radius 1 is 1.07 bits per heavy atom. The smallest absolute Gasteiger partial charge is 0.346 e. The third-order valence-corrected chi connectivity index (χ3v) is 4.49. The zero-order chi connectivity index (χ0) is 19.6. The Bertz CT molecular complexity index is 893. The molecule has 2 unspecified atom stereocenters. The van der Waals surface area contributed by atoms with E-state index in [1.807, 2.05) is 6.07 Å². The zero-order valence-corrected chi connectivity index (χ0v) is 14.2. The van der Waals surface area contributed by atoms with E-state index < -0.39 is 23.6 Å². The lowest BCUT2D eigenvalue weighted by Gasteiger charge is -2.14. The third-order valence-electron chi connectivity index (χ3n) is 4.49. The molecule has 4 nitrogen and oxygen atoms in total. The van der Waals surface area contributed by atoms with Gasteiger partial charge in [0.2, 0.25) is 11.8 Å². The first-order chi connectivity index (χ1) is 12.8. The number of hydrogen-bond acceptors (Lipinski definition) is 2. The average Bonchev–Trinajstić information content (AvgIpc) is 3.00. The van der Waals surface area contributed by atoms with Crippen molar-refractivity contribution in [3.8, 4) is 0 Å². The fourth-order valence-corrected chi connectivity index (χ4v) is 3.25. The minimum atomic E-state index is -4.49. The quantitative estimate of drug-likeness (QED) is 0.789. The average molecular weight is 374 g/mol. The van der Waals surface area contributed by atoms with E-state index in [0.717, 1.165) is 29.3 Å². The highest BCUT2D eigenvalue weighted by molar-refractivity contribution is 5.97. The van der Waals surface area contributed by atoms with Crippen LogP contribution in [0.2, 0.25) is 0 Å². The number of halogens is 3. The van der Waals surface area contributed by atoms with Crippen LogP contribution in [0.15, 0.2) is 61.2 Å². The van der Waals surface area contributed by atoms with Crippen molar-refractivity contribution in [2.45, 2.75) is 24.6 Å². The van der Waals surface area contributed by atoms with Crippen LogP contribution >= 0.6 is 0 Å². The van der Waals surface area contributed by atoms with E-state index in [2.05, 4.69) is 17.2 Å². The number of amides is 2. The highest BCUT2D eigenvalue weighted by atomic mass is 19.4. The molecule has 0 saturated heterocycles. The largest absolute Gasteiger partial charge is 0.416 e. The van der Waals surface area contributed by atoms with Crippen LogP contribution < -0.4 is 10.6 Å². The van der Waals surface area contributed by atoms with Crippen LogP contribution in [0, 0.1) is 0 Å². The van der Waals surface area contributed by atoms with Crippen molar-refractivity contribution < 1.29 is 22.8 Å². The lowest BCUT2D eigenvalue weighted by molar-refractivity contribution is -0.137. The number of alkyl halides is 3. The molecule has 2 aromatic carbocycles. The Kier molecular flexibility index (Phi) is 5.03. The highest BCUT2D eigenvalue weighted by Gasteiger charge is 2.36. The zero-order valence-electron chi connectivity index (χ0n) is 14.2. The molecule has 0 bridgehead atoms. The van der Waals surface area contributed by atoms with Crippen molar-refractivity contribution >= 4 is 17.5 Å². The highest BCUT2D eigenvalue weighted by Crippen LogP contribution is 2.41. The second-order valence-corrected chi connectivity index (χ2v) is 6.25. The number of anilines is 1. The standard InChI is InChI=1S/C20H17F3N2O2/c1-2-18(26)25-17-11-16(14-8-3-4-9-15(14)17)19(27)24-13-7-5-6-12(10-13)20(21,22)23/h2-10,16-17H,1,11H2,(H,24,27)(H,25,26). The number of fused-ring (bicyclic) bond motifs is 1. The Balaban J connectivity index is 1.81. The third kappa shape index (κ3) is 4.02. The van der Waals surface area contributed by atoms with Crippen molar-refractivity contribution in [3.05, 3.63) is 77.9 Å². The van der Waals surface area contributed by atoms with Crippen LogP contribution in [0.4, 0.5) is 18.9 Å². The number of nitrogens with one attached hydrogen (secondary N) is 2. The molecule has 0 spiro atoms. The van der Waals surface area contributed by atoms with Crippen LogP contribution in [0.1, 0.15) is 35.1 Å². The first-order valence-electron chi connectivity index (χ1n) is 8.29. The molecule has 1 aliphatic rings. The van der Waals surface area contributed by atoms with E-state index in [0.29, 0.717) is 6.42 Å². The molecule has 140 valence electrons. The summed E-state index contributed by atoms with van der Waals surface area (Å²) in [6.45, 7) is 3.41. The minimum Gasteiger partial charge on any atom is -0.346 e. The Hall–Kier alpha value is -3.09. The molecule has 2 aromatic rings. The molecular formula is C20H17F3N2O2. The maximum atomic E-state index is 12.8. The second-order valence-electron chi connectivity index (χ2n) is 6.25. The SMILES string of the molecule is C=CC(=O)NC1CC(C(=O)Nc2cccc(C(F)(F)F)c2)c2ccccc21. The van der Waals surface area contributed by atoms with Crippen LogP contribution in [-0.2, 0) is 15.8 Å². The van der Waals surface area contributed by atoms with Gasteiger partial charge in [0.25, 0.3) is 0 Å². The van der Waals surface area contributed by atoms with Crippen molar-refractivity contribution in [1.82, 2.24) is 5.32 Å². The van der Waals surface area contributed by atoms with Crippen molar-refractivity contribution in [3.63, 3.8) is 0 Å². The number of carbonyl (C=O) groups excluding carboxylic acids is 2. The van der Waals surface area contributed by atoms with Gasteiger partial charge in [0, 0.05) is 5.69 Å². The van der Waals surface area contributed by atoms with Gasteiger partial charge < -0.3 is 10.6 Å². The fourth-order valence-electron chi connectivity index (χ4n) is 3.25. The van der Waals surface area contributed by atoms with Crippen LogP contribution in [0.5, 0.6) is 0 Å². The molecule has 7 heteroatoms. The van der Waals surface area contributed by atoms with Crippen molar-refractivity contribution in [1.29, 1.82) is 0 Å². The van der Waals surface area contributed by atoms with E-state index in [1.54, 1.807) is 18.2 Å². The molecule has 0 fully saturated rings. The molecule has 2 atom stereocenters.